The van der Waals surface area contributed by atoms with Crippen LogP contribution in [0.3, 0.4) is 0 Å². The normalized spacial score (nSPS) is 16.6. The number of para-hydroxylation sites is 2. The van der Waals surface area contributed by atoms with Crippen LogP contribution in [0.15, 0.2) is 64.3 Å². The molecule has 1 atom stereocenters. The van der Waals surface area contributed by atoms with Gasteiger partial charge in [0.2, 0.25) is 0 Å². The van der Waals surface area contributed by atoms with E-state index in [4.69, 9.17) is 4.74 Å². The number of hydrogen-bond donors (Lipinski definition) is 3. The number of carbonyl (C=O) groups excluding carboxylic acids is 2. The van der Waals surface area contributed by atoms with E-state index < -0.39 is 6.04 Å². The Bertz CT molecular complexity index is 895. The molecule has 26 heavy (non-hydrogen) atoms. The van der Waals surface area contributed by atoms with Gasteiger partial charge in [-0.25, -0.2) is 4.79 Å². The molecule has 7 heteroatoms. The molecule has 2 aromatic carbocycles. The summed E-state index contributed by atoms with van der Waals surface area (Å²) in [5.74, 6) is 0.240. The summed E-state index contributed by atoms with van der Waals surface area (Å²) in [5.41, 5.74) is 2.29. The monoisotopic (exact) mass is 415 g/mol. The Labute approximate surface area is 159 Å². The van der Waals surface area contributed by atoms with Crippen molar-refractivity contribution < 1.29 is 14.3 Å². The zero-order valence-electron chi connectivity index (χ0n) is 14.3. The fraction of sp³-hybridized carbons (Fsp3) is 0.158. The van der Waals surface area contributed by atoms with Gasteiger partial charge in [0.15, 0.2) is 0 Å². The van der Waals surface area contributed by atoms with Gasteiger partial charge in [-0.2, -0.15) is 0 Å². The van der Waals surface area contributed by atoms with Crippen LogP contribution < -0.4 is 20.7 Å². The van der Waals surface area contributed by atoms with E-state index in [0.717, 1.165) is 10.0 Å². The quantitative estimate of drug-likeness (QED) is 0.711. The lowest BCUT2D eigenvalue weighted by atomic mass is 9.95. The number of ether oxygens (including phenoxy) is 1. The smallest absolute Gasteiger partial charge is 0.319 e. The molecule has 3 N–H and O–H groups in total. The molecular weight excluding hydrogens is 398 g/mol. The van der Waals surface area contributed by atoms with Gasteiger partial charge in [-0.1, -0.05) is 46.3 Å². The van der Waals surface area contributed by atoms with E-state index in [1.165, 1.54) is 0 Å². The Morgan fingerprint density at radius 1 is 1.15 bits per heavy atom. The van der Waals surface area contributed by atoms with E-state index in [2.05, 4.69) is 31.9 Å². The molecule has 134 valence electrons. The molecule has 0 radical (unpaired) electrons. The van der Waals surface area contributed by atoms with Gasteiger partial charge in [0.1, 0.15) is 5.75 Å². The molecule has 0 bridgehead atoms. The lowest BCUT2D eigenvalue weighted by Gasteiger charge is -2.29. The maximum Gasteiger partial charge on any atom is 0.319 e. The van der Waals surface area contributed by atoms with Gasteiger partial charge in [0.25, 0.3) is 5.91 Å². The maximum atomic E-state index is 13.0. The summed E-state index contributed by atoms with van der Waals surface area (Å²) in [6.07, 6.45) is 0. The number of carbonyl (C=O) groups is 2. The Morgan fingerprint density at radius 2 is 1.85 bits per heavy atom. The number of urea groups is 1. The van der Waals surface area contributed by atoms with Gasteiger partial charge in [0.05, 0.1) is 24.4 Å². The van der Waals surface area contributed by atoms with Crippen LogP contribution in [-0.2, 0) is 4.79 Å². The number of benzene rings is 2. The molecule has 6 nitrogen and oxygen atoms in total. The molecule has 1 heterocycles. The van der Waals surface area contributed by atoms with Crippen molar-refractivity contribution in [2.24, 2.45) is 0 Å². The number of allylic oxidation sites excluding steroid dienone is 1. The van der Waals surface area contributed by atoms with Crippen LogP contribution in [0, 0.1) is 0 Å². The average Bonchev–Trinajstić information content (AvgIpc) is 2.61. The highest BCUT2D eigenvalue weighted by molar-refractivity contribution is 9.10. The van der Waals surface area contributed by atoms with Crippen molar-refractivity contribution in [3.05, 3.63) is 69.8 Å². The second kappa shape index (κ2) is 7.61. The van der Waals surface area contributed by atoms with Crippen molar-refractivity contribution in [3.63, 3.8) is 0 Å². The summed E-state index contributed by atoms with van der Waals surface area (Å²) < 4.78 is 6.09. The summed E-state index contributed by atoms with van der Waals surface area (Å²) >= 11 is 3.49. The first-order valence-corrected chi connectivity index (χ1v) is 8.77. The van der Waals surface area contributed by atoms with Crippen molar-refractivity contribution in [1.82, 2.24) is 10.6 Å². The number of nitrogens with one attached hydrogen (secondary N) is 3. The predicted molar refractivity (Wildman–Crippen MR) is 103 cm³/mol. The average molecular weight is 416 g/mol. The van der Waals surface area contributed by atoms with Crippen molar-refractivity contribution in [1.29, 1.82) is 0 Å². The second-order valence-corrected chi connectivity index (χ2v) is 6.60. The van der Waals surface area contributed by atoms with Gasteiger partial charge in [-0.3, -0.25) is 4.79 Å². The minimum absolute atomic E-state index is 0.319. The van der Waals surface area contributed by atoms with E-state index in [-0.39, 0.29) is 11.9 Å². The number of anilines is 1. The fourth-order valence-electron chi connectivity index (χ4n) is 2.87. The third kappa shape index (κ3) is 3.57. The minimum atomic E-state index is -0.575. The first kappa shape index (κ1) is 18.0. The van der Waals surface area contributed by atoms with Gasteiger partial charge < -0.3 is 20.7 Å². The highest BCUT2D eigenvalue weighted by Gasteiger charge is 2.32. The first-order valence-electron chi connectivity index (χ1n) is 7.98. The molecule has 3 amide bonds. The summed E-state index contributed by atoms with van der Waals surface area (Å²) in [6, 6.07) is 13.7. The van der Waals surface area contributed by atoms with Crippen molar-refractivity contribution in [2.75, 3.05) is 12.4 Å². The molecule has 2 aromatic rings. The molecule has 0 unspecified atom stereocenters. The number of rotatable bonds is 4. The molecule has 0 fully saturated rings. The number of methoxy groups -OCH3 is 1. The molecule has 1 aliphatic heterocycles. The predicted octanol–water partition coefficient (Wildman–Crippen LogP) is 3.72. The summed E-state index contributed by atoms with van der Waals surface area (Å²) in [7, 11) is 1.54. The SMILES string of the molecule is COc1ccccc1NC(=O)C1=C(C)NC(=O)N[C@@H]1c1ccccc1Br. The molecule has 0 aromatic heterocycles. The Kier molecular flexibility index (Phi) is 5.27. The molecule has 0 aliphatic carbocycles. The van der Waals surface area contributed by atoms with Gasteiger partial charge in [-0.05, 0) is 30.7 Å². The van der Waals surface area contributed by atoms with Gasteiger partial charge >= 0.3 is 6.03 Å². The fourth-order valence-corrected chi connectivity index (χ4v) is 3.39. The van der Waals surface area contributed by atoms with Crippen LogP contribution in [0.1, 0.15) is 18.5 Å². The zero-order chi connectivity index (χ0) is 18.7. The molecule has 1 aliphatic rings. The zero-order valence-corrected chi connectivity index (χ0v) is 15.9. The molecule has 0 saturated heterocycles. The van der Waals surface area contributed by atoms with Crippen LogP contribution in [0.5, 0.6) is 5.75 Å². The van der Waals surface area contributed by atoms with E-state index in [1.54, 1.807) is 26.2 Å². The van der Waals surface area contributed by atoms with Crippen molar-refractivity contribution >= 4 is 33.6 Å². The summed E-state index contributed by atoms with van der Waals surface area (Å²) in [5, 5.41) is 8.35. The first-order chi connectivity index (χ1) is 12.5. The van der Waals surface area contributed by atoms with Crippen LogP contribution >= 0.6 is 15.9 Å². The van der Waals surface area contributed by atoms with E-state index in [1.807, 2.05) is 36.4 Å². The molecule has 0 spiro atoms. The van der Waals surface area contributed by atoms with Gasteiger partial charge in [0, 0.05) is 10.2 Å². The van der Waals surface area contributed by atoms with Crippen molar-refractivity contribution in [3.8, 4) is 5.75 Å². The third-order valence-electron chi connectivity index (χ3n) is 4.09. The number of amides is 3. The highest BCUT2D eigenvalue weighted by Crippen LogP contribution is 2.33. The number of halogens is 1. The van der Waals surface area contributed by atoms with Gasteiger partial charge in [-0.15, -0.1) is 0 Å². The molecule has 0 saturated carbocycles. The largest absolute Gasteiger partial charge is 0.495 e. The van der Waals surface area contributed by atoms with Crippen LogP contribution in [0.25, 0.3) is 0 Å². The third-order valence-corrected chi connectivity index (χ3v) is 4.81. The van der Waals surface area contributed by atoms with Crippen LogP contribution in [0.4, 0.5) is 10.5 Å². The molecular formula is C19H18BrN3O3. The summed E-state index contributed by atoms with van der Waals surface area (Å²) in [4.78, 5) is 25.0. The maximum absolute atomic E-state index is 13.0. The highest BCUT2D eigenvalue weighted by atomic mass is 79.9. The van der Waals surface area contributed by atoms with E-state index >= 15 is 0 Å². The number of hydrogen-bond acceptors (Lipinski definition) is 3. The van der Waals surface area contributed by atoms with E-state index in [9.17, 15) is 9.59 Å². The topological polar surface area (TPSA) is 79.5 Å². The molecule has 3 rings (SSSR count). The Balaban J connectivity index is 1.99. The van der Waals surface area contributed by atoms with Crippen molar-refractivity contribution in [2.45, 2.75) is 13.0 Å². The summed E-state index contributed by atoms with van der Waals surface area (Å²) in [6.45, 7) is 1.71. The Hall–Kier alpha value is -2.80. The second-order valence-electron chi connectivity index (χ2n) is 5.75. The lowest BCUT2D eigenvalue weighted by Crippen LogP contribution is -2.46. The minimum Gasteiger partial charge on any atom is -0.495 e. The van der Waals surface area contributed by atoms with Crippen LogP contribution in [-0.4, -0.2) is 19.0 Å². The van der Waals surface area contributed by atoms with Crippen LogP contribution in [0.2, 0.25) is 0 Å². The van der Waals surface area contributed by atoms with E-state index in [0.29, 0.717) is 22.7 Å². The Morgan fingerprint density at radius 3 is 2.58 bits per heavy atom. The lowest BCUT2D eigenvalue weighted by molar-refractivity contribution is -0.113. The standard InChI is InChI=1S/C19H18BrN3O3/c1-11-16(18(24)22-14-9-5-6-10-15(14)26-2)17(23-19(25)21-11)12-7-3-4-8-13(12)20/h3-10,17H,1-2H3,(H,22,24)(H2,21,23,25)/t17-/m1/s1.